The summed E-state index contributed by atoms with van der Waals surface area (Å²) in [5.74, 6) is 1.88. The summed E-state index contributed by atoms with van der Waals surface area (Å²) in [5, 5.41) is 0.355. The van der Waals surface area contributed by atoms with Crippen LogP contribution in [0.15, 0.2) is 47.4 Å². The molecule has 8 heteroatoms. The summed E-state index contributed by atoms with van der Waals surface area (Å²) in [6.45, 7) is 0.211. The number of rotatable bonds is 3. The zero-order chi connectivity index (χ0) is 18.5. The first kappa shape index (κ1) is 16.9. The fraction of sp³-hybridized carbons (Fsp3) is 0.167. The molecule has 1 aliphatic heterocycles. The van der Waals surface area contributed by atoms with Crippen LogP contribution in [-0.2, 0) is 16.4 Å². The molecule has 6 nitrogen and oxygen atoms in total. The molecule has 1 aliphatic rings. The number of ether oxygens (including phenoxy) is 2. The van der Waals surface area contributed by atoms with Gasteiger partial charge in [0.15, 0.2) is 15.0 Å². The zero-order valence-electron chi connectivity index (χ0n) is 14.1. The Morgan fingerprint density at radius 3 is 2.58 bits per heavy atom. The highest BCUT2D eigenvalue weighted by molar-refractivity contribution is 7.90. The predicted octanol–water partition coefficient (Wildman–Crippen LogP) is 3.50. The fourth-order valence-corrected chi connectivity index (χ4v) is 3.77. The van der Waals surface area contributed by atoms with E-state index in [-0.39, 0.29) is 11.5 Å². The minimum absolute atomic E-state index is 0.205. The Bertz CT molecular complexity index is 1100. The smallest absolute Gasteiger partial charge is 0.175 e. The number of fused-ring (bicyclic) bond motifs is 3. The van der Waals surface area contributed by atoms with E-state index in [1.165, 1.54) is 12.3 Å². The molecule has 4 rings (SSSR count). The first-order valence-corrected chi connectivity index (χ1v) is 10.0. The van der Waals surface area contributed by atoms with Crippen LogP contribution in [0.5, 0.6) is 11.5 Å². The van der Waals surface area contributed by atoms with Crippen molar-refractivity contribution >= 4 is 21.4 Å². The van der Waals surface area contributed by atoms with Crippen molar-refractivity contribution in [1.29, 1.82) is 0 Å². The Labute approximate surface area is 155 Å². The largest absolute Gasteiger partial charge is 0.497 e. The Kier molecular flexibility index (Phi) is 3.93. The molecule has 3 aromatic rings. The lowest BCUT2D eigenvalue weighted by Gasteiger charge is -2.22. The number of hydrogen-bond acceptors (Lipinski definition) is 5. The van der Waals surface area contributed by atoms with Crippen LogP contribution in [-0.4, -0.2) is 31.3 Å². The zero-order valence-corrected chi connectivity index (χ0v) is 15.6. The molecule has 2 aromatic carbocycles. The van der Waals surface area contributed by atoms with Gasteiger partial charge in [0.25, 0.3) is 0 Å². The standard InChI is InChI=1S/C18H15ClN2O4S/c1-24-12-5-3-11(4-6-12)18-20-17(19)15-10-25-16-9-13(26(2,22)23)7-8-14(16)21(15)18/h3-9H,10H2,1-2H3. The highest BCUT2D eigenvalue weighted by Gasteiger charge is 2.26. The Hall–Kier alpha value is -2.51. The molecule has 0 saturated heterocycles. The van der Waals surface area contributed by atoms with Crippen LogP contribution in [0.3, 0.4) is 0 Å². The minimum atomic E-state index is -3.32. The second kappa shape index (κ2) is 6.03. The summed E-state index contributed by atoms with van der Waals surface area (Å²) in [6, 6.07) is 12.3. The third-order valence-electron chi connectivity index (χ3n) is 4.24. The maximum Gasteiger partial charge on any atom is 0.175 e. The van der Waals surface area contributed by atoms with E-state index in [1.807, 2.05) is 28.8 Å². The molecule has 0 aliphatic carbocycles. The van der Waals surface area contributed by atoms with Gasteiger partial charge in [0.2, 0.25) is 0 Å². The molecule has 0 radical (unpaired) electrons. The first-order chi connectivity index (χ1) is 12.4. The molecule has 0 atom stereocenters. The molecule has 0 N–H and O–H groups in total. The molecule has 1 aromatic heterocycles. The van der Waals surface area contributed by atoms with Crippen molar-refractivity contribution in [3.8, 4) is 28.6 Å². The molecule has 0 amide bonds. The third kappa shape index (κ3) is 2.73. The van der Waals surface area contributed by atoms with Gasteiger partial charge in [0.1, 0.15) is 23.9 Å². The van der Waals surface area contributed by atoms with Gasteiger partial charge >= 0.3 is 0 Å². The second-order valence-corrected chi connectivity index (χ2v) is 8.30. The van der Waals surface area contributed by atoms with Gasteiger partial charge in [-0.05, 0) is 36.4 Å². The van der Waals surface area contributed by atoms with Gasteiger partial charge in [-0.15, -0.1) is 0 Å². The van der Waals surface area contributed by atoms with Crippen LogP contribution in [0.25, 0.3) is 17.1 Å². The molecule has 0 unspecified atom stereocenters. The van der Waals surface area contributed by atoms with E-state index in [1.54, 1.807) is 19.2 Å². The van der Waals surface area contributed by atoms with E-state index in [9.17, 15) is 8.42 Å². The normalized spacial score (nSPS) is 12.9. The number of hydrogen-bond donors (Lipinski definition) is 0. The third-order valence-corrected chi connectivity index (χ3v) is 5.65. The maximum atomic E-state index is 11.8. The lowest BCUT2D eigenvalue weighted by molar-refractivity contribution is 0.285. The lowest BCUT2D eigenvalue weighted by Crippen LogP contribution is -2.14. The summed E-state index contributed by atoms with van der Waals surface area (Å²) in [6.07, 6.45) is 1.17. The topological polar surface area (TPSA) is 70.4 Å². The number of nitrogens with zero attached hydrogens (tertiary/aromatic N) is 2. The van der Waals surface area contributed by atoms with E-state index in [4.69, 9.17) is 21.1 Å². The molecule has 0 spiro atoms. The van der Waals surface area contributed by atoms with Crippen molar-refractivity contribution in [3.05, 3.63) is 53.3 Å². The van der Waals surface area contributed by atoms with E-state index < -0.39 is 9.84 Å². The van der Waals surface area contributed by atoms with Crippen LogP contribution in [0.2, 0.25) is 5.15 Å². The molecular formula is C18H15ClN2O4S. The minimum Gasteiger partial charge on any atom is -0.497 e. The van der Waals surface area contributed by atoms with E-state index in [2.05, 4.69) is 4.98 Å². The quantitative estimate of drug-likeness (QED) is 0.684. The fourth-order valence-electron chi connectivity index (χ4n) is 2.92. The van der Waals surface area contributed by atoms with Crippen LogP contribution in [0.4, 0.5) is 0 Å². The number of benzene rings is 2. The summed E-state index contributed by atoms with van der Waals surface area (Å²) < 4.78 is 36.4. The van der Waals surface area contributed by atoms with Crippen molar-refractivity contribution in [2.45, 2.75) is 11.5 Å². The van der Waals surface area contributed by atoms with Crippen LogP contribution < -0.4 is 9.47 Å². The molecule has 2 heterocycles. The number of methoxy groups -OCH3 is 1. The molecule has 0 fully saturated rings. The van der Waals surface area contributed by atoms with Crippen molar-refractivity contribution < 1.29 is 17.9 Å². The van der Waals surface area contributed by atoms with Gasteiger partial charge in [-0.1, -0.05) is 11.6 Å². The van der Waals surface area contributed by atoms with E-state index in [0.29, 0.717) is 22.4 Å². The van der Waals surface area contributed by atoms with Crippen molar-refractivity contribution in [3.63, 3.8) is 0 Å². The van der Waals surface area contributed by atoms with Gasteiger partial charge in [-0.2, -0.15) is 0 Å². The summed E-state index contributed by atoms with van der Waals surface area (Å²) >= 11 is 6.31. The van der Waals surface area contributed by atoms with Crippen LogP contribution in [0, 0.1) is 0 Å². The highest BCUT2D eigenvalue weighted by Crippen LogP contribution is 2.38. The molecule has 26 heavy (non-hydrogen) atoms. The second-order valence-electron chi connectivity index (χ2n) is 5.93. The SMILES string of the molecule is COc1ccc(-c2nc(Cl)c3n2-c2ccc(S(C)(=O)=O)cc2OC3)cc1. The Morgan fingerprint density at radius 1 is 1.19 bits per heavy atom. The molecule has 0 saturated carbocycles. The summed E-state index contributed by atoms with van der Waals surface area (Å²) in [7, 11) is -1.72. The Balaban J connectivity index is 1.90. The van der Waals surface area contributed by atoms with Gasteiger partial charge in [0.05, 0.1) is 23.4 Å². The van der Waals surface area contributed by atoms with Gasteiger partial charge in [0, 0.05) is 17.9 Å². The molecular weight excluding hydrogens is 376 g/mol. The van der Waals surface area contributed by atoms with E-state index >= 15 is 0 Å². The monoisotopic (exact) mass is 390 g/mol. The summed E-state index contributed by atoms with van der Waals surface area (Å²) in [5.41, 5.74) is 2.28. The van der Waals surface area contributed by atoms with Crippen LogP contribution in [0.1, 0.15) is 5.69 Å². The van der Waals surface area contributed by atoms with Crippen molar-refractivity contribution in [1.82, 2.24) is 9.55 Å². The maximum absolute atomic E-state index is 11.8. The van der Waals surface area contributed by atoms with Crippen LogP contribution >= 0.6 is 11.6 Å². The number of aromatic nitrogens is 2. The average molecular weight is 391 g/mol. The highest BCUT2D eigenvalue weighted by atomic mass is 35.5. The number of imidazole rings is 1. The van der Waals surface area contributed by atoms with Gasteiger partial charge < -0.3 is 9.47 Å². The number of halogens is 1. The average Bonchev–Trinajstić information content (AvgIpc) is 2.98. The van der Waals surface area contributed by atoms with E-state index in [0.717, 1.165) is 17.0 Å². The van der Waals surface area contributed by atoms with Gasteiger partial charge in [-0.25, -0.2) is 13.4 Å². The predicted molar refractivity (Wildman–Crippen MR) is 98.0 cm³/mol. The van der Waals surface area contributed by atoms with Gasteiger partial charge in [-0.3, -0.25) is 4.57 Å². The summed E-state index contributed by atoms with van der Waals surface area (Å²) in [4.78, 5) is 4.68. The first-order valence-electron chi connectivity index (χ1n) is 7.77. The van der Waals surface area contributed by atoms with Crippen molar-refractivity contribution in [2.75, 3.05) is 13.4 Å². The lowest BCUT2D eigenvalue weighted by atomic mass is 10.2. The van der Waals surface area contributed by atoms with Crippen molar-refractivity contribution in [2.24, 2.45) is 0 Å². The molecule has 0 bridgehead atoms. The number of sulfone groups is 1. The Morgan fingerprint density at radius 2 is 1.92 bits per heavy atom. The molecule has 134 valence electrons.